The molecule has 1 saturated heterocycles. The van der Waals surface area contributed by atoms with Gasteiger partial charge < -0.3 is 14.4 Å². The van der Waals surface area contributed by atoms with Gasteiger partial charge in [0.1, 0.15) is 5.60 Å². The molecule has 2 aliphatic rings. The van der Waals surface area contributed by atoms with Crippen LogP contribution in [0.3, 0.4) is 0 Å². The van der Waals surface area contributed by atoms with Crippen molar-refractivity contribution >= 4 is 23.4 Å². The summed E-state index contributed by atoms with van der Waals surface area (Å²) in [7, 11) is 0. The topological polar surface area (TPSA) is 55.8 Å². The fraction of sp³-hybridized carbons (Fsp3) is 0.571. The molecule has 20 heavy (non-hydrogen) atoms. The Bertz CT molecular complexity index is 531. The highest BCUT2D eigenvalue weighted by Gasteiger charge is 2.45. The maximum absolute atomic E-state index is 11.8. The number of carbonyl (C=O) groups excluding carboxylic acids is 2. The maximum atomic E-state index is 11.8. The molecule has 1 spiro atoms. The lowest BCUT2D eigenvalue weighted by Crippen LogP contribution is -2.49. The second-order valence-corrected chi connectivity index (χ2v) is 6.09. The Morgan fingerprint density at radius 3 is 2.95 bits per heavy atom. The predicted octanol–water partition coefficient (Wildman–Crippen LogP) is 2.29. The van der Waals surface area contributed by atoms with Crippen molar-refractivity contribution in [2.75, 3.05) is 19.7 Å². The number of piperidine rings is 1. The first kappa shape index (κ1) is 13.4. The van der Waals surface area contributed by atoms with E-state index in [0.717, 1.165) is 10.4 Å². The Labute approximate surface area is 121 Å². The molecular weight excluding hydrogens is 278 g/mol. The van der Waals surface area contributed by atoms with E-state index in [4.69, 9.17) is 9.47 Å². The van der Waals surface area contributed by atoms with Crippen molar-refractivity contribution in [1.82, 2.24) is 4.90 Å². The summed E-state index contributed by atoms with van der Waals surface area (Å²) in [5, 5.41) is 2.01. The third-order valence-corrected chi connectivity index (χ3v) is 4.87. The Hall–Kier alpha value is -1.56. The van der Waals surface area contributed by atoms with Gasteiger partial charge in [0, 0.05) is 36.4 Å². The average molecular weight is 295 g/mol. The third-order valence-electron chi connectivity index (χ3n) is 3.95. The molecule has 0 N–H and O–H groups in total. The minimum absolute atomic E-state index is 0.162. The zero-order chi connectivity index (χ0) is 14.2. The highest BCUT2D eigenvalue weighted by molar-refractivity contribution is 7.10. The van der Waals surface area contributed by atoms with Gasteiger partial charge in [-0.3, -0.25) is 4.79 Å². The van der Waals surface area contributed by atoms with Crippen molar-refractivity contribution in [2.45, 2.75) is 31.8 Å². The summed E-state index contributed by atoms with van der Waals surface area (Å²) in [5.41, 5.74) is 0.596. The predicted molar refractivity (Wildman–Crippen MR) is 73.6 cm³/mol. The van der Waals surface area contributed by atoms with Crippen LogP contribution in [0.4, 0.5) is 4.79 Å². The fourth-order valence-electron chi connectivity index (χ4n) is 2.96. The van der Waals surface area contributed by atoms with E-state index in [9.17, 15) is 9.59 Å². The molecule has 1 fully saturated rings. The van der Waals surface area contributed by atoms with Gasteiger partial charge in [0.15, 0.2) is 0 Å². The molecule has 3 heterocycles. The Kier molecular flexibility index (Phi) is 3.41. The van der Waals surface area contributed by atoms with Crippen LogP contribution in [0.2, 0.25) is 0 Å². The fourth-order valence-corrected chi connectivity index (χ4v) is 3.91. The van der Waals surface area contributed by atoms with E-state index in [1.54, 1.807) is 23.2 Å². The normalized spacial score (nSPS) is 20.4. The Balaban J connectivity index is 1.77. The number of fused-ring (bicyclic) bond motifs is 2. The summed E-state index contributed by atoms with van der Waals surface area (Å²) >= 11 is 1.61. The molecule has 1 amide bonds. The minimum Gasteiger partial charge on any atom is -0.454 e. The van der Waals surface area contributed by atoms with Crippen molar-refractivity contribution < 1.29 is 19.1 Å². The number of nitrogens with zero attached hydrogens (tertiary/aromatic N) is 1. The van der Waals surface area contributed by atoms with E-state index in [1.807, 2.05) is 11.4 Å². The summed E-state index contributed by atoms with van der Waals surface area (Å²) in [5.74, 6) is -0.162. The second kappa shape index (κ2) is 5.09. The molecule has 3 rings (SSSR count). The van der Waals surface area contributed by atoms with Gasteiger partial charge in [-0.1, -0.05) is 0 Å². The van der Waals surface area contributed by atoms with Crippen LogP contribution in [0.1, 0.15) is 30.2 Å². The van der Waals surface area contributed by atoms with Crippen LogP contribution < -0.4 is 0 Å². The summed E-state index contributed by atoms with van der Waals surface area (Å²) in [6.07, 6.45) is 1.37. The molecule has 1 aromatic heterocycles. The molecule has 108 valence electrons. The van der Waals surface area contributed by atoms with Gasteiger partial charge in [0.25, 0.3) is 0 Å². The maximum Gasteiger partial charge on any atom is 0.409 e. The second-order valence-electron chi connectivity index (χ2n) is 5.09. The van der Waals surface area contributed by atoms with E-state index in [1.165, 1.54) is 0 Å². The van der Waals surface area contributed by atoms with Crippen molar-refractivity contribution in [1.29, 1.82) is 0 Å². The van der Waals surface area contributed by atoms with Crippen molar-refractivity contribution in [2.24, 2.45) is 0 Å². The van der Waals surface area contributed by atoms with E-state index in [2.05, 4.69) is 0 Å². The number of esters is 1. The molecule has 0 aliphatic carbocycles. The first-order valence-corrected chi connectivity index (χ1v) is 7.73. The standard InChI is InChI=1S/C14H17NO4S/c1-2-18-13(17)15-6-4-14(5-7-15)10-3-8-20-11(10)9-12(16)19-14/h3,8H,2,4-7,9H2,1H3. The van der Waals surface area contributed by atoms with Gasteiger partial charge in [0.2, 0.25) is 0 Å². The van der Waals surface area contributed by atoms with E-state index < -0.39 is 5.60 Å². The molecule has 1 aromatic rings. The molecule has 0 bridgehead atoms. The summed E-state index contributed by atoms with van der Waals surface area (Å²) in [6.45, 7) is 3.29. The molecule has 0 atom stereocenters. The average Bonchev–Trinajstić information content (AvgIpc) is 2.88. The zero-order valence-electron chi connectivity index (χ0n) is 11.4. The van der Waals surface area contributed by atoms with Gasteiger partial charge in [-0.05, 0) is 18.4 Å². The van der Waals surface area contributed by atoms with Crippen molar-refractivity contribution in [3.63, 3.8) is 0 Å². The number of ether oxygens (including phenoxy) is 2. The number of likely N-dealkylation sites (tertiary alicyclic amines) is 1. The summed E-state index contributed by atoms with van der Waals surface area (Å²) in [6, 6.07) is 2.05. The van der Waals surface area contributed by atoms with Crippen LogP contribution in [-0.2, 0) is 26.3 Å². The van der Waals surface area contributed by atoms with Gasteiger partial charge in [-0.15, -0.1) is 11.3 Å². The van der Waals surface area contributed by atoms with Crippen molar-refractivity contribution in [3.8, 4) is 0 Å². The lowest BCUT2D eigenvalue weighted by Gasteiger charge is -2.42. The van der Waals surface area contributed by atoms with Crippen LogP contribution in [-0.4, -0.2) is 36.7 Å². The van der Waals surface area contributed by atoms with E-state index >= 15 is 0 Å². The van der Waals surface area contributed by atoms with Gasteiger partial charge in [-0.2, -0.15) is 0 Å². The number of hydrogen-bond acceptors (Lipinski definition) is 5. The first-order valence-electron chi connectivity index (χ1n) is 6.85. The van der Waals surface area contributed by atoms with Gasteiger partial charge in [-0.25, -0.2) is 4.79 Å². The van der Waals surface area contributed by atoms with Gasteiger partial charge >= 0.3 is 12.1 Å². The molecule has 0 radical (unpaired) electrons. The van der Waals surface area contributed by atoms with Crippen LogP contribution >= 0.6 is 11.3 Å². The molecule has 0 saturated carbocycles. The lowest BCUT2D eigenvalue weighted by atomic mass is 9.82. The molecule has 5 nitrogen and oxygen atoms in total. The summed E-state index contributed by atoms with van der Waals surface area (Å²) in [4.78, 5) is 26.3. The first-order chi connectivity index (χ1) is 9.64. The number of thiophene rings is 1. The van der Waals surface area contributed by atoms with Crippen LogP contribution in [0.25, 0.3) is 0 Å². The van der Waals surface area contributed by atoms with Crippen molar-refractivity contribution in [3.05, 3.63) is 21.9 Å². The molecule has 0 aromatic carbocycles. The van der Waals surface area contributed by atoms with Crippen LogP contribution in [0.15, 0.2) is 11.4 Å². The van der Waals surface area contributed by atoms with E-state index in [0.29, 0.717) is 39.0 Å². The van der Waals surface area contributed by atoms with Gasteiger partial charge in [0.05, 0.1) is 13.0 Å². The third kappa shape index (κ3) is 2.18. The molecule has 0 unspecified atom stereocenters. The Morgan fingerprint density at radius 2 is 2.25 bits per heavy atom. The highest BCUT2D eigenvalue weighted by Crippen LogP contribution is 2.43. The van der Waals surface area contributed by atoms with Crippen LogP contribution in [0, 0.1) is 0 Å². The van der Waals surface area contributed by atoms with Crippen LogP contribution in [0.5, 0.6) is 0 Å². The molecule has 2 aliphatic heterocycles. The largest absolute Gasteiger partial charge is 0.454 e. The van der Waals surface area contributed by atoms with E-state index in [-0.39, 0.29) is 12.1 Å². The number of carbonyl (C=O) groups is 2. The Morgan fingerprint density at radius 1 is 1.50 bits per heavy atom. The number of rotatable bonds is 1. The summed E-state index contributed by atoms with van der Waals surface area (Å²) < 4.78 is 10.7. The zero-order valence-corrected chi connectivity index (χ0v) is 12.2. The monoisotopic (exact) mass is 295 g/mol. The number of hydrogen-bond donors (Lipinski definition) is 0. The number of amides is 1. The SMILES string of the molecule is CCOC(=O)N1CCC2(CC1)OC(=O)Cc1sccc12. The molecular formula is C14H17NO4S. The highest BCUT2D eigenvalue weighted by atomic mass is 32.1. The smallest absolute Gasteiger partial charge is 0.409 e. The minimum atomic E-state index is -0.534. The quantitative estimate of drug-likeness (QED) is 0.746. The molecule has 6 heteroatoms. The lowest BCUT2D eigenvalue weighted by molar-refractivity contribution is -0.168.